The molecule has 0 radical (unpaired) electrons. The van der Waals surface area contributed by atoms with Gasteiger partial charge in [-0.2, -0.15) is 11.8 Å². The van der Waals surface area contributed by atoms with Gasteiger partial charge in [0.05, 0.1) is 0 Å². The van der Waals surface area contributed by atoms with Gasteiger partial charge in [0.15, 0.2) is 0 Å². The molecule has 0 aromatic heterocycles. The largest absolute Gasteiger partial charge is 0.310 e. The maximum absolute atomic E-state index is 3.71. The molecule has 1 aliphatic carbocycles. The zero-order valence-electron chi connectivity index (χ0n) is 11.6. The average molecular weight is 263 g/mol. The first-order valence-electron chi connectivity index (χ1n) is 7.15. The van der Waals surface area contributed by atoms with Crippen molar-refractivity contribution in [1.82, 2.24) is 5.32 Å². The van der Waals surface area contributed by atoms with Crippen LogP contribution in [-0.2, 0) is 13.0 Å². The number of rotatable bonds is 5. The molecule has 0 heterocycles. The van der Waals surface area contributed by atoms with Crippen LogP contribution < -0.4 is 5.32 Å². The minimum atomic E-state index is 0.735. The lowest BCUT2D eigenvalue weighted by Gasteiger charge is -2.28. The Kier molecular flexibility index (Phi) is 5.58. The van der Waals surface area contributed by atoms with E-state index in [0.717, 1.165) is 24.3 Å². The van der Waals surface area contributed by atoms with Gasteiger partial charge in [0, 0.05) is 17.8 Å². The fraction of sp³-hybridized carbons (Fsp3) is 0.625. The summed E-state index contributed by atoms with van der Waals surface area (Å²) in [6.07, 6.45) is 8.83. The van der Waals surface area contributed by atoms with E-state index in [1.165, 1.54) is 36.8 Å². The molecule has 0 amide bonds. The lowest BCUT2D eigenvalue weighted by molar-refractivity contribution is 0.379. The molecule has 0 unspecified atom stereocenters. The van der Waals surface area contributed by atoms with Gasteiger partial charge < -0.3 is 5.32 Å². The molecule has 2 rings (SSSR count). The number of nitrogens with one attached hydrogen (secondary N) is 1. The highest BCUT2D eigenvalue weighted by molar-refractivity contribution is 7.99. The van der Waals surface area contributed by atoms with Crippen molar-refractivity contribution in [1.29, 1.82) is 0 Å². The van der Waals surface area contributed by atoms with E-state index in [1.54, 1.807) is 0 Å². The normalized spacial score (nSPS) is 24.1. The summed E-state index contributed by atoms with van der Waals surface area (Å²) in [6, 6.07) is 9.77. The fourth-order valence-electron chi connectivity index (χ4n) is 2.66. The molecule has 0 saturated heterocycles. The van der Waals surface area contributed by atoms with Crippen LogP contribution in [0, 0.1) is 0 Å². The molecule has 1 aromatic carbocycles. The molecule has 1 fully saturated rings. The van der Waals surface area contributed by atoms with E-state index in [1.807, 2.05) is 11.8 Å². The summed E-state index contributed by atoms with van der Waals surface area (Å²) < 4.78 is 0. The van der Waals surface area contributed by atoms with Crippen LogP contribution in [0.15, 0.2) is 24.3 Å². The number of aryl methyl sites for hydroxylation is 1. The Labute approximate surface area is 116 Å². The Hall–Kier alpha value is -0.470. The molecule has 100 valence electrons. The monoisotopic (exact) mass is 263 g/mol. The first-order valence-corrected chi connectivity index (χ1v) is 8.44. The van der Waals surface area contributed by atoms with Crippen LogP contribution in [0.3, 0.4) is 0 Å². The molecular weight excluding hydrogens is 238 g/mol. The summed E-state index contributed by atoms with van der Waals surface area (Å²) >= 11 is 2.04. The molecule has 0 spiro atoms. The fourth-order valence-corrected chi connectivity index (χ4v) is 3.40. The molecule has 0 atom stereocenters. The van der Waals surface area contributed by atoms with Gasteiger partial charge in [0.2, 0.25) is 0 Å². The molecule has 0 bridgehead atoms. The Balaban J connectivity index is 1.74. The second-order valence-corrected chi connectivity index (χ2v) is 6.40. The van der Waals surface area contributed by atoms with Crippen molar-refractivity contribution in [3.8, 4) is 0 Å². The molecular formula is C16H25NS. The second kappa shape index (κ2) is 7.20. The summed E-state index contributed by atoms with van der Waals surface area (Å²) in [7, 11) is 0. The van der Waals surface area contributed by atoms with Crippen molar-refractivity contribution in [2.24, 2.45) is 0 Å². The van der Waals surface area contributed by atoms with Crippen molar-refractivity contribution in [3.63, 3.8) is 0 Å². The second-order valence-electron chi connectivity index (χ2n) is 5.26. The molecule has 2 heteroatoms. The highest BCUT2D eigenvalue weighted by atomic mass is 32.2. The van der Waals surface area contributed by atoms with E-state index in [-0.39, 0.29) is 0 Å². The third-order valence-corrected chi connectivity index (χ3v) is 5.17. The standard InChI is InChI=1S/C16H25NS/c1-3-13-4-6-14(7-5-13)12-17-15-8-10-16(18-2)11-9-15/h4-7,15-17H,3,8-12H2,1-2H3. The minimum absolute atomic E-state index is 0.735. The molecule has 1 saturated carbocycles. The van der Waals surface area contributed by atoms with Gasteiger partial charge in [-0.1, -0.05) is 31.2 Å². The maximum atomic E-state index is 3.71. The van der Waals surface area contributed by atoms with Gasteiger partial charge in [0.25, 0.3) is 0 Å². The van der Waals surface area contributed by atoms with Crippen LogP contribution in [-0.4, -0.2) is 17.5 Å². The highest BCUT2D eigenvalue weighted by Gasteiger charge is 2.19. The first-order chi connectivity index (χ1) is 8.81. The van der Waals surface area contributed by atoms with Crippen molar-refractivity contribution >= 4 is 11.8 Å². The first kappa shape index (κ1) is 14.0. The smallest absolute Gasteiger partial charge is 0.0208 e. The molecule has 0 aliphatic heterocycles. The summed E-state index contributed by atoms with van der Waals surface area (Å²) in [6.45, 7) is 3.23. The molecule has 18 heavy (non-hydrogen) atoms. The van der Waals surface area contributed by atoms with Crippen LogP contribution >= 0.6 is 11.8 Å². The average Bonchev–Trinajstić information content (AvgIpc) is 2.46. The van der Waals surface area contributed by atoms with Crippen LogP contribution in [0.4, 0.5) is 0 Å². The van der Waals surface area contributed by atoms with Crippen molar-refractivity contribution < 1.29 is 0 Å². The Morgan fingerprint density at radius 3 is 2.22 bits per heavy atom. The van der Waals surface area contributed by atoms with Crippen LogP contribution in [0.25, 0.3) is 0 Å². The zero-order valence-corrected chi connectivity index (χ0v) is 12.4. The number of benzene rings is 1. The SMILES string of the molecule is CCc1ccc(CNC2CCC(SC)CC2)cc1. The van der Waals surface area contributed by atoms with Gasteiger partial charge in [-0.05, 0) is 49.5 Å². The predicted octanol–water partition coefficient (Wildman–Crippen LogP) is 4.01. The third-order valence-electron chi connectivity index (χ3n) is 4.03. The molecule has 1 nitrogen and oxygen atoms in total. The quantitative estimate of drug-likeness (QED) is 0.861. The molecule has 1 aliphatic rings. The van der Waals surface area contributed by atoms with Crippen molar-refractivity contribution in [2.45, 2.75) is 56.9 Å². The summed E-state index contributed by atoms with van der Waals surface area (Å²) in [4.78, 5) is 0. The van der Waals surface area contributed by atoms with E-state index in [0.29, 0.717) is 0 Å². The summed E-state index contributed by atoms with van der Waals surface area (Å²) in [5, 5.41) is 4.62. The van der Waals surface area contributed by atoms with E-state index >= 15 is 0 Å². The number of hydrogen-bond acceptors (Lipinski definition) is 2. The number of thioether (sulfide) groups is 1. The Morgan fingerprint density at radius 1 is 1.06 bits per heavy atom. The van der Waals surface area contributed by atoms with E-state index in [9.17, 15) is 0 Å². The minimum Gasteiger partial charge on any atom is -0.310 e. The third kappa shape index (κ3) is 4.03. The van der Waals surface area contributed by atoms with E-state index < -0.39 is 0 Å². The highest BCUT2D eigenvalue weighted by Crippen LogP contribution is 2.26. The van der Waals surface area contributed by atoms with Gasteiger partial charge in [0.1, 0.15) is 0 Å². The van der Waals surface area contributed by atoms with Gasteiger partial charge >= 0.3 is 0 Å². The van der Waals surface area contributed by atoms with Crippen LogP contribution in [0.2, 0.25) is 0 Å². The summed E-state index contributed by atoms with van der Waals surface area (Å²) in [5.41, 5.74) is 2.85. The van der Waals surface area contributed by atoms with Gasteiger partial charge in [-0.25, -0.2) is 0 Å². The lowest BCUT2D eigenvalue weighted by Crippen LogP contribution is -2.33. The van der Waals surface area contributed by atoms with E-state index in [4.69, 9.17) is 0 Å². The predicted molar refractivity (Wildman–Crippen MR) is 82.2 cm³/mol. The molecule has 1 aromatic rings. The molecule has 1 N–H and O–H groups in total. The topological polar surface area (TPSA) is 12.0 Å². The number of hydrogen-bond donors (Lipinski definition) is 1. The van der Waals surface area contributed by atoms with Gasteiger partial charge in [-0.15, -0.1) is 0 Å². The van der Waals surface area contributed by atoms with E-state index in [2.05, 4.69) is 42.8 Å². The van der Waals surface area contributed by atoms with Crippen molar-refractivity contribution in [3.05, 3.63) is 35.4 Å². The van der Waals surface area contributed by atoms with Gasteiger partial charge in [-0.3, -0.25) is 0 Å². The maximum Gasteiger partial charge on any atom is 0.0208 e. The Morgan fingerprint density at radius 2 is 1.67 bits per heavy atom. The lowest BCUT2D eigenvalue weighted by atomic mass is 9.95. The van der Waals surface area contributed by atoms with Crippen LogP contribution in [0.5, 0.6) is 0 Å². The van der Waals surface area contributed by atoms with Crippen LogP contribution in [0.1, 0.15) is 43.7 Å². The van der Waals surface area contributed by atoms with Crippen molar-refractivity contribution in [2.75, 3.05) is 6.26 Å². The summed E-state index contributed by atoms with van der Waals surface area (Å²) in [5.74, 6) is 0. The Bertz CT molecular complexity index is 339. The zero-order chi connectivity index (χ0) is 12.8.